The quantitative estimate of drug-likeness (QED) is 0.625. The van der Waals surface area contributed by atoms with Gasteiger partial charge in [-0.3, -0.25) is 11.3 Å². The molecule has 0 radical (unpaired) electrons. The third-order valence-corrected chi connectivity index (χ3v) is 3.52. The van der Waals surface area contributed by atoms with E-state index in [1.165, 1.54) is 5.56 Å². The highest BCUT2D eigenvalue weighted by Gasteiger charge is 2.13. The van der Waals surface area contributed by atoms with Crippen molar-refractivity contribution < 1.29 is 0 Å². The van der Waals surface area contributed by atoms with Crippen LogP contribution >= 0.6 is 0 Å². The van der Waals surface area contributed by atoms with E-state index >= 15 is 0 Å². The first-order chi connectivity index (χ1) is 9.70. The predicted molar refractivity (Wildman–Crippen MR) is 81.0 cm³/mol. The molecule has 0 aliphatic rings. The summed E-state index contributed by atoms with van der Waals surface area (Å²) in [5.41, 5.74) is 7.28. The minimum absolute atomic E-state index is 0.132. The smallest absolute Gasteiger partial charge is 0.0648 e. The average Bonchev–Trinajstić information content (AvgIpc) is 2.48. The Balaban J connectivity index is 1.97. The molecule has 0 aliphatic heterocycles. The van der Waals surface area contributed by atoms with E-state index in [1.807, 2.05) is 19.9 Å². The SMILES string of the molecule is Cc1cc(C(CCCc2ccccc2)NN)c(C)nn1. The van der Waals surface area contributed by atoms with Gasteiger partial charge in [0.1, 0.15) is 0 Å². The Morgan fingerprint density at radius 3 is 2.60 bits per heavy atom. The summed E-state index contributed by atoms with van der Waals surface area (Å²) in [4.78, 5) is 0. The topological polar surface area (TPSA) is 63.8 Å². The van der Waals surface area contributed by atoms with Gasteiger partial charge in [0.05, 0.1) is 11.4 Å². The van der Waals surface area contributed by atoms with Crippen molar-refractivity contribution in [3.63, 3.8) is 0 Å². The molecule has 1 aromatic carbocycles. The monoisotopic (exact) mass is 270 g/mol. The van der Waals surface area contributed by atoms with Crippen LogP contribution in [0.15, 0.2) is 36.4 Å². The Bertz CT molecular complexity index is 539. The van der Waals surface area contributed by atoms with Crippen LogP contribution in [0.2, 0.25) is 0 Å². The molecule has 0 aliphatic carbocycles. The number of benzene rings is 1. The standard InChI is InChI=1S/C16H22N4/c1-12-11-15(13(2)20-19-12)16(18-17)10-6-9-14-7-4-3-5-8-14/h3-5,7-8,11,16,18H,6,9-10,17H2,1-2H3. The molecule has 0 fully saturated rings. The van der Waals surface area contributed by atoms with Crippen LogP contribution < -0.4 is 11.3 Å². The number of hydrazine groups is 1. The number of rotatable bonds is 6. The molecule has 4 heteroatoms. The van der Waals surface area contributed by atoms with Crippen molar-refractivity contribution >= 4 is 0 Å². The first-order valence-corrected chi connectivity index (χ1v) is 7.01. The van der Waals surface area contributed by atoms with E-state index in [9.17, 15) is 0 Å². The van der Waals surface area contributed by atoms with E-state index in [4.69, 9.17) is 5.84 Å². The Morgan fingerprint density at radius 1 is 1.15 bits per heavy atom. The summed E-state index contributed by atoms with van der Waals surface area (Å²) in [6, 6.07) is 12.7. The number of aryl methyl sites for hydroxylation is 3. The Morgan fingerprint density at radius 2 is 1.90 bits per heavy atom. The second-order valence-corrected chi connectivity index (χ2v) is 5.12. The molecule has 0 spiro atoms. The van der Waals surface area contributed by atoms with Gasteiger partial charge < -0.3 is 0 Å². The molecule has 106 valence electrons. The highest BCUT2D eigenvalue weighted by Crippen LogP contribution is 2.21. The molecule has 1 atom stereocenters. The lowest BCUT2D eigenvalue weighted by Gasteiger charge is -2.18. The van der Waals surface area contributed by atoms with Gasteiger partial charge >= 0.3 is 0 Å². The summed E-state index contributed by atoms with van der Waals surface area (Å²) in [7, 11) is 0. The van der Waals surface area contributed by atoms with E-state index in [0.29, 0.717) is 0 Å². The van der Waals surface area contributed by atoms with Gasteiger partial charge in [-0.1, -0.05) is 30.3 Å². The van der Waals surface area contributed by atoms with Gasteiger partial charge in [-0.15, -0.1) is 0 Å². The second-order valence-electron chi connectivity index (χ2n) is 5.12. The zero-order valence-electron chi connectivity index (χ0n) is 12.1. The van der Waals surface area contributed by atoms with E-state index in [2.05, 4.69) is 46.0 Å². The molecule has 2 aromatic rings. The number of nitrogens with two attached hydrogens (primary N) is 1. The highest BCUT2D eigenvalue weighted by atomic mass is 15.2. The van der Waals surface area contributed by atoms with Crippen molar-refractivity contribution in [1.82, 2.24) is 15.6 Å². The Hall–Kier alpha value is -1.78. The van der Waals surface area contributed by atoms with Crippen molar-refractivity contribution in [3.8, 4) is 0 Å². The lowest BCUT2D eigenvalue weighted by molar-refractivity contribution is 0.493. The van der Waals surface area contributed by atoms with Crippen LogP contribution in [0.5, 0.6) is 0 Å². The second kappa shape index (κ2) is 7.12. The summed E-state index contributed by atoms with van der Waals surface area (Å²) in [5, 5.41) is 8.23. The molecule has 3 N–H and O–H groups in total. The van der Waals surface area contributed by atoms with Crippen LogP contribution in [0, 0.1) is 13.8 Å². The lowest BCUT2D eigenvalue weighted by Crippen LogP contribution is -2.29. The van der Waals surface area contributed by atoms with E-state index in [0.717, 1.165) is 36.2 Å². The van der Waals surface area contributed by atoms with Gasteiger partial charge in [-0.2, -0.15) is 10.2 Å². The molecule has 0 bridgehead atoms. The lowest BCUT2D eigenvalue weighted by atomic mass is 9.98. The maximum absolute atomic E-state index is 5.71. The molecule has 0 saturated carbocycles. The van der Waals surface area contributed by atoms with Gasteiger partial charge in [0.25, 0.3) is 0 Å². The fraction of sp³-hybridized carbons (Fsp3) is 0.375. The number of nitrogens with zero attached hydrogens (tertiary/aromatic N) is 2. The zero-order chi connectivity index (χ0) is 14.4. The first-order valence-electron chi connectivity index (χ1n) is 7.01. The minimum atomic E-state index is 0.132. The predicted octanol–water partition coefficient (Wildman–Crippen LogP) is 2.62. The molecular weight excluding hydrogens is 248 g/mol. The molecule has 4 nitrogen and oxygen atoms in total. The first kappa shape index (κ1) is 14.6. The molecule has 1 aromatic heterocycles. The van der Waals surface area contributed by atoms with Crippen LogP contribution in [-0.2, 0) is 6.42 Å². The van der Waals surface area contributed by atoms with Gasteiger partial charge in [0, 0.05) is 6.04 Å². The third kappa shape index (κ3) is 3.85. The van der Waals surface area contributed by atoms with Crippen LogP contribution in [0.1, 0.15) is 41.4 Å². The van der Waals surface area contributed by atoms with Crippen molar-refractivity contribution in [2.45, 2.75) is 39.2 Å². The van der Waals surface area contributed by atoms with Gasteiger partial charge in [-0.25, -0.2) is 0 Å². The van der Waals surface area contributed by atoms with Crippen molar-refractivity contribution in [3.05, 3.63) is 58.9 Å². The fourth-order valence-electron chi connectivity index (χ4n) is 2.41. The molecule has 0 saturated heterocycles. The number of nitrogens with one attached hydrogen (secondary N) is 1. The average molecular weight is 270 g/mol. The molecular formula is C16H22N4. The number of hydrogen-bond acceptors (Lipinski definition) is 4. The maximum atomic E-state index is 5.71. The normalized spacial score (nSPS) is 12.3. The van der Waals surface area contributed by atoms with Gasteiger partial charge in [-0.05, 0) is 50.3 Å². The van der Waals surface area contributed by atoms with Crippen LogP contribution in [-0.4, -0.2) is 10.2 Å². The summed E-state index contributed by atoms with van der Waals surface area (Å²) >= 11 is 0. The number of hydrogen-bond donors (Lipinski definition) is 2. The molecule has 0 amide bonds. The molecule has 1 unspecified atom stereocenters. The number of aromatic nitrogens is 2. The van der Waals surface area contributed by atoms with Gasteiger partial charge in [0.15, 0.2) is 0 Å². The van der Waals surface area contributed by atoms with E-state index in [1.54, 1.807) is 0 Å². The fourth-order valence-corrected chi connectivity index (χ4v) is 2.41. The summed E-state index contributed by atoms with van der Waals surface area (Å²) in [5.74, 6) is 5.71. The van der Waals surface area contributed by atoms with Crippen LogP contribution in [0.3, 0.4) is 0 Å². The van der Waals surface area contributed by atoms with Crippen molar-refractivity contribution in [2.24, 2.45) is 5.84 Å². The van der Waals surface area contributed by atoms with E-state index in [-0.39, 0.29) is 6.04 Å². The van der Waals surface area contributed by atoms with Gasteiger partial charge in [0.2, 0.25) is 0 Å². The minimum Gasteiger partial charge on any atom is -0.271 e. The highest BCUT2D eigenvalue weighted by molar-refractivity contribution is 5.23. The zero-order valence-corrected chi connectivity index (χ0v) is 12.1. The molecule has 20 heavy (non-hydrogen) atoms. The molecule has 2 rings (SSSR count). The maximum Gasteiger partial charge on any atom is 0.0648 e. The summed E-state index contributed by atoms with van der Waals surface area (Å²) in [6.07, 6.45) is 3.13. The Labute approximate surface area is 120 Å². The largest absolute Gasteiger partial charge is 0.271 e. The third-order valence-electron chi connectivity index (χ3n) is 3.52. The van der Waals surface area contributed by atoms with Crippen LogP contribution in [0.4, 0.5) is 0 Å². The van der Waals surface area contributed by atoms with Crippen molar-refractivity contribution in [2.75, 3.05) is 0 Å². The summed E-state index contributed by atoms with van der Waals surface area (Å²) in [6.45, 7) is 3.93. The molecule has 1 heterocycles. The van der Waals surface area contributed by atoms with Crippen LogP contribution in [0.25, 0.3) is 0 Å². The summed E-state index contributed by atoms with van der Waals surface area (Å²) < 4.78 is 0. The van der Waals surface area contributed by atoms with Crippen molar-refractivity contribution in [1.29, 1.82) is 0 Å². The Kier molecular flexibility index (Phi) is 5.21. The van der Waals surface area contributed by atoms with E-state index < -0.39 is 0 Å².